The maximum atomic E-state index is 8.55. The molecule has 0 unspecified atom stereocenters. The van der Waals surface area contributed by atoms with Gasteiger partial charge >= 0.3 is 0 Å². The number of rotatable bonds is 1. The van der Waals surface area contributed by atoms with E-state index in [-0.39, 0.29) is 5.23 Å². The van der Waals surface area contributed by atoms with Crippen molar-refractivity contribution < 1.29 is 10.4 Å². The lowest BCUT2D eigenvalue weighted by molar-refractivity contribution is 0.0290. The Balaban J connectivity index is 3.03. The fraction of sp³-hybridized carbons (Fsp3) is 0. The molecule has 53 valence electrons. The average molecular weight is 138 g/mol. The number of anilines is 1. The molecule has 0 spiro atoms. The van der Waals surface area contributed by atoms with E-state index in [4.69, 9.17) is 10.4 Å². The fourth-order valence-electron chi connectivity index (χ4n) is 0.706. The van der Waals surface area contributed by atoms with Gasteiger partial charge in [0.15, 0.2) is 0 Å². The van der Waals surface area contributed by atoms with Crippen LogP contribution in [-0.2, 0) is 0 Å². The van der Waals surface area contributed by atoms with E-state index in [1.807, 2.05) is 0 Å². The molecule has 0 amide bonds. The quantitative estimate of drug-likeness (QED) is 0.577. The van der Waals surface area contributed by atoms with Crippen LogP contribution in [0.15, 0.2) is 24.3 Å². The smallest absolute Gasteiger partial charge is 0.0974 e. The first-order chi connectivity index (χ1) is 4.72. The van der Waals surface area contributed by atoms with E-state index in [9.17, 15) is 0 Å². The van der Waals surface area contributed by atoms with E-state index in [0.29, 0.717) is 11.3 Å². The van der Waals surface area contributed by atoms with Gasteiger partial charge in [0.1, 0.15) is 0 Å². The molecule has 2 N–H and O–H groups in total. The van der Waals surface area contributed by atoms with Crippen molar-refractivity contribution in [3.8, 4) is 0 Å². The second-order valence-electron chi connectivity index (χ2n) is 1.92. The van der Waals surface area contributed by atoms with Crippen molar-refractivity contribution >= 4 is 5.69 Å². The Morgan fingerprint density at radius 3 is 2.20 bits per heavy atom. The Kier molecular flexibility index (Phi) is 1.89. The monoisotopic (exact) mass is 138 g/mol. The van der Waals surface area contributed by atoms with E-state index in [1.165, 1.54) is 0 Å². The third-order valence-corrected chi connectivity index (χ3v) is 1.21. The zero-order valence-electron chi connectivity index (χ0n) is 5.36. The highest BCUT2D eigenvalue weighted by Gasteiger charge is 1.99. The number of hydrogen-bond acceptors (Lipinski definition) is 3. The van der Waals surface area contributed by atoms with Crippen molar-refractivity contribution in [3.05, 3.63) is 36.8 Å². The predicted octanol–water partition coefficient (Wildman–Crippen LogP) is 1.45. The summed E-state index contributed by atoms with van der Waals surface area (Å²) in [6.07, 6.45) is 0. The molecule has 1 aromatic rings. The third kappa shape index (κ3) is 1.26. The van der Waals surface area contributed by atoms with Crippen LogP contribution in [0.4, 0.5) is 5.69 Å². The highest BCUT2D eigenvalue weighted by molar-refractivity contribution is 5.50. The molecule has 0 atom stereocenters. The lowest BCUT2D eigenvalue weighted by Gasteiger charge is -2.09. The van der Waals surface area contributed by atoms with Crippen LogP contribution in [0, 0.1) is 6.92 Å². The van der Waals surface area contributed by atoms with Gasteiger partial charge in [-0.2, -0.15) is 0 Å². The molecule has 0 aliphatic heterocycles. The minimum Gasteiger partial charge on any atom is -0.264 e. The fourth-order valence-corrected chi connectivity index (χ4v) is 0.706. The zero-order chi connectivity index (χ0) is 7.56. The van der Waals surface area contributed by atoms with Crippen molar-refractivity contribution in [2.75, 3.05) is 5.23 Å². The minimum absolute atomic E-state index is 0.0579. The van der Waals surface area contributed by atoms with Crippen molar-refractivity contribution in [2.45, 2.75) is 0 Å². The third-order valence-electron chi connectivity index (χ3n) is 1.21. The van der Waals surface area contributed by atoms with Crippen molar-refractivity contribution in [1.82, 2.24) is 0 Å². The van der Waals surface area contributed by atoms with Gasteiger partial charge in [0, 0.05) is 0 Å². The lowest BCUT2D eigenvalue weighted by Crippen LogP contribution is -2.11. The van der Waals surface area contributed by atoms with Crippen LogP contribution in [0.1, 0.15) is 5.56 Å². The first kappa shape index (κ1) is 7.05. The standard InChI is InChI=1S/C7H8NO2/c1-6-4-2-3-5-7(6)8(9)10/h2-5,9-10H,1H2. The number of nitrogens with zero attached hydrogens (tertiary/aromatic N) is 1. The van der Waals surface area contributed by atoms with Gasteiger partial charge < -0.3 is 0 Å². The molecule has 0 saturated carbocycles. The molecule has 1 rings (SSSR count). The molecule has 0 aliphatic rings. The summed E-state index contributed by atoms with van der Waals surface area (Å²) in [4.78, 5) is 0. The molecular weight excluding hydrogens is 130 g/mol. The molecule has 3 nitrogen and oxygen atoms in total. The molecule has 3 heteroatoms. The van der Waals surface area contributed by atoms with E-state index in [1.54, 1.807) is 24.3 Å². The summed E-state index contributed by atoms with van der Waals surface area (Å²) in [5.41, 5.74) is 0.870. The van der Waals surface area contributed by atoms with E-state index < -0.39 is 0 Å². The summed E-state index contributed by atoms with van der Waals surface area (Å²) in [5, 5.41) is 17.2. The van der Waals surface area contributed by atoms with Gasteiger partial charge in [0.25, 0.3) is 0 Å². The molecule has 1 radical (unpaired) electrons. The number of benzene rings is 1. The summed E-state index contributed by atoms with van der Waals surface area (Å²) < 4.78 is 0. The van der Waals surface area contributed by atoms with E-state index in [0.717, 1.165) is 0 Å². The van der Waals surface area contributed by atoms with Crippen LogP contribution in [0.5, 0.6) is 0 Å². The Morgan fingerprint density at radius 2 is 1.80 bits per heavy atom. The Hall–Kier alpha value is -1.06. The molecule has 1 aromatic carbocycles. The highest BCUT2D eigenvalue weighted by atomic mass is 16.8. The van der Waals surface area contributed by atoms with Gasteiger partial charge in [-0.05, 0) is 18.6 Å². The molecular formula is C7H8NO2. The molecule has 0 heterocycles. The molecule has 0 bridgehead atoms. The Labute approximate surface area is 59.1 Å². The van der Waals surface area contributed by atoms with E-state index >= 15 is 0 Å². The van der Waals surface area contributed by atoms with Crippen molar-refractivity contribution in [2.24, 2.45) is 0 Å². The Morgan fingerprint density at radius 1 is 1.20 bits per heavy atom. The van der Waals surface area contributed by atoms with Crippen molar-refractivity contribution in [1.29, 1.82) is 0 Å². The van der Waals surface area contributed by atoms with Crippen LogP contribution in [0.3, 0.4) is 0 Å². The molecule has 0 saturated heterocycles. The minimum atomic E-state index is 0.0579. The average Bonchev–Trinajstić information content (AvgIpc) is 1.88. The van der Waals surface area contributed by atoms with Crippen LogP contribution in [0.2, 0.25) is 0 Å². The first-order valence-corrected chi connectivity index (χ1v) is 2.80. The second-order valence-corrected chi connectivity index (χ2v) is 1.92. The maximum Gasteiger partial charge on any atom is 0.0974 e. The lowest BCUT2D eigenvalue weighted by atomic mass is 10.2. The highest BCUT2D eigenvalue weighted by Crippen LogP contribution is 2.14. The summed E-state index contributed by atoms with van der Waals surface area (Å²) in [5.74, 6) is 0. The maximum absolute atomic E-state index is 8.55. The second kappa shape index (κ2) is 2.68. The summed E-state index contributed by atoms with van der Waals surface area (Å²) in [6.45, 7) is 3.58. The van der Waals surface area contributed by atoms with Crippen LogP contribution >= 0.6 is 0 Å². The largest absolute Gasteiger partial charge is 0.264 e. The summed E-state index contributed by atoms with van der Waals surface area (Å²) in [6, 6.07) is 6.72. The van der Waals surface area contributed by atoms with Gasteiger partial charge in [-0.25, -0.2) is 0 Å². The molecule has 0 fully saturated rings. The zero-order valence-corrected chi connectivity index (χ0v) is 5.36. The number of para-hydroxylation sites is 1. The van der Waals surface area contributed by atoms with Crippen molar-refractivity contribution in [3.63, 3.8) is 0 Å². The van der Waals surface area contributed by atoms with Gasteiger partial charge in [-0.3, -0.25) is 10.4 Å². The van der Waals surface area contributed by atoms with Crippen LogP contribution in [-0.4, -0.2) is 10.4 Å². The van der Waals surface area contributed by atoms with Crippen LogP contribution in [0.25, 0.3) is 0 Å². The van der Waals surface area contributed by atoms with Gasteiger partial charge in [0.05, 0.1) is 5.69 Å². The topological polar surface area (TPSA) is 43.7 Å². The predicted molar refractivity (Wildman–Crippen MR) is 37.0 cm³/mol. The molecule has 0 aliphatic carbocycles. The normalized spacial score (nSPS) is 9.50. The molecule has 0 aromatic heterocycles. The van der Waals surface area contributed by atoms with Gasteiger partial charge in [-0.1, -0.05) is 18.2 Å². The van der Waals surface area contributed by atoms with Crippen LogP contribution < -0.4 is 5.23 Å². The first-order valence-electron chi connectivity index (χ1n) is 2.80. The number of hydrogen-bond donors (Lipinski definition) is 2. The SMILES string of the molecule is [CH2]c1ccccc1N(O)O. The van der Waals surface area contributed by atoms with E-state index in [2.05, 4.69) is 6.92 Å². The Bertz CT molecular complexity index is 223. The molecule has 10 heavy (non-hydrogen) atoms. The summed E-state index contributed by atoms with van der Waals surface area (Å²) in [7, 11) is 0. The summed E-state index contributed by atoms with van der Waals surface area (Å²) >= 11 is 0. The van der Waals surface area contributed by atoms with Gasteiger partial charge in [-0.15, -0.1) is 5.23 Å². The van der Waals surface area contributed by atoms with Gasteiger partial charge in [0.2, 0.25) is 0 Å².